The first-order valence-corrected chi connectivity index (χ1v) is 9.22. The molecule has 0 aromatic heterocycles. The van der Waals surface area contributed by atoms with Crippen molar-refractivity contribution in [2.24, 2.45) is 5.73 Å². The van der Waals surface area contributed by atoms with Crippen LogP contribution in [0.4, 0.5) is 0 Å². The number of esters is 1. The lowest BCUT2D eigenvalue weighted by molar-refractivity contribution is -0.149. The van der Waals surface area contributed by atoms with Crippen LogP contribution in [-0.4, -0.2) is 29.7 Å². The maximum absolute atomic E-state index is 11.4. The van der Waals surface area contributed by atoms with Gasteiger partial charge in [-0.2, -0.15) is 0 Å². The van der Waals surface area contributed by atoms with Gasteiger partial charge in [-0.1, -0.05) is 77.6 Å². The summed E-state index contributed by atoms with van der Waals surface area (Å²) in [7, 11) is 0. The van der Waals surface area contributed by atoms with Crippen LogP contribution in [0.1, 0.15) is 90.4 Å². The van der Waals surface area contributed by atoms with Crippen LogP contribution in [0.15, 0.2) is 0 Å². The minimum Gasteiger partial charge on any atom is -0.481 e. The van der Waals surface area contributed by atoms with Crippen molar-refractivity contribution < 1.29 is 19.4 Å². The number of carbonyl (C=O) groups is 2. The first-order chi connectivity index (χ1) is 11.1. The van der Waals surface area contributed by atoms with Gasteiger partial charge >= 0.3 is 11.9 Å². The summed E-state index contributed by atoms with van der Waals surface area (Å²) in [4.78, 5) is 21.8. The summed E-state index contributed by atoms with van der Waals surface area (Å²) in [6.45, 7) is 2.58. The van der Waals surface area contributed by atoms with Gasteiger partial charge in [0.25, 0.3) is 0 Å². The summed E-state index contributed by atoms with van der Waals surface area (Å²) >= 11 is 0. The van der Waals surface area contributed by atoms with Gasteiger partial charge in [0.1, 0.15) is 6.04 Å². The molecular formula is C18H35NO4. The Kier molecular flexibility index (Phi) is 15.0. The van der Waals surface area contributed by atoms with Crippen LogP contribution < -0.4 is 5.73 Å². The van der Waals surface area contributed by atoms with E-state index >= 15 is 0 Å². The number of carboxylic acids is 1. The minimum absolute atomic E-state index is 0.337. The summed E-state index contributed by atoms with van der Waals surface area (Å²) in [5.74, 6) is -1.70. The van der Waals surface area contributed by atoms with Crippen molar-refractivity contribution in [2.45, 2.75) is 96.4 Å². The van der Waals surface area contributed by atoms with E-state index in [0.717, 1.165) is 19.3 Å². The van der Waals surface area contributed by atoms with Crippen molar-refractivity contribution in [3.63, 3.8) is 0 Å². The van der Waals surface area contributed by atoms with E-state index < -0.39 is 18.0 Å². The molecule has 0 heterocycles. The number of nitrogens with two attached hydrogens (primary N) is 1. The fourth-order valence-electron chi connectivity index (χ4n) is 2.49. The van der Waals surface area contributed by atoms with E-state index in [0.29, 0.717) is 6.61 Å². The van der Waals surface area contributed by atoms with Crippen LogP contribution in [0.5, 0.6) is 0 Å². The van der Waals surface area contributed by atoms with Gasteiger partial charge in [0.05, 0.1) is 13.0 Å². The molecule has 0 bridgehead atoms. The van der Waals surface area contributed by atoms with E-state index in [1.165, 1.54) is 57.8 Å². The highest BCUT2D eigenvalue weighted by atomic mass is 16.5. The molecule has 136 valence electrons. The molecule has 1 unspecified atom stereocenters. The van der Waals surface area contributed by atoms with E-state index in [1.807, 2.05) is 0 Å². The molecule has 0 aromatic rings. The quantitative estimate of drug-likeness (QED) is 0.329. The largest absolute Gasteiger partial charge is 0.481 e. The average Bonchev–Trinajstić information content (AvgIpc) is 2.51. The molecule has 0 rings (SSSR count). The molecule has 5 nitrogen and oxygen atoms in total. The number of ether oxygens (including phenoxy) is 1. The van der Waals surface area contributed by atoms with Crippen LogP contribution in [0, 0.1) is 0 Å². The maximum Gasteiger partial charge on any atom is 0.323 e. The third-order valence-electron chi connectivity index (χ3n) is 3.94. The Morgan fingerprint density at radius 3 is 1.74 bits per heavy atom. The summed E-state index contributed by atoms with van der Waals surface area (Å²) in [6.07, 6.45) is 14.6. The summed E-state index contributed by atoms with van der Waals surface area (Å²) < 4.78 is 4.97. The Labute approximate surface area is 141 Å². The number of aliphatic carboxylic acids is 1. The first kappa shape index (κ1) is 21.9. The van der Waals surface area contributed by atoms with E-state index in [2.05, 4.69) is 6.92 Å². The number of carbonyl (C=O) groups excluding carboxylic acids is 1. The smallest absolute Gasteiger partial charge is 0.323 e. The molecule has 5 heteroatoms. The van der Waals surface area contributed by atoms with E-state index in [4.69, 9.17) is 15.6 Å². The van der Waals surface area contributed by atoms with E-state index in [-0.39, 0.29) is 6.42 Å². The Morgan fingerprint density at radius 1 is 0.870 bits per heavy atom. The molecule has 23 heavy (non-hydrogen) atoms. The normalized spacial score (nSPS) is 12.1. The Hall–Kier alpha value is -1.10. The third kappa shape index (κ3) is 15.6. The van der Waals surface area contributed by atoms with Crippen molar-refractivity contribution in [1.82, 2.24) is 0 Å². The van der Waals surface area contributed by atoms with Crippen molar-refractivity contribution in [2.75, 3.05) is 6.61 Å². The highest BCUT2D eigenvalue weighted by Gasteiger charge is 2.17. The van der Waals surface area contributed by atoms with Gasteiger partial charge in [0.15, 0.2) is 0 Å². The standard InChI is InChI=1S/C18H35NO4/c1-2-3-4-5-6-7-8-9-10-11-12-13-14-23-18(22)16(19)15-17(20)21/h16H,2-15,19H2,1H3,(H,20,21). The molecule has 0 saturated heterocycles. The SMILES string of the molecule is CCCCCCCCCCCCCCOC(=O)C(N)CC(=O)O. The van der Waals surface area contributed by atoms with Crippen LogP contribution >= 0.6 is 0 Å². The number of unbranched alkanes of at least 4 members (excludes halogenated alkanes) is 11. The van der Waals surface area contributed by atoms with E-state index in [9.17, 15) is 9.59 Å². The Balaban J connectivity index is 3.24. The van der Waals surface area contributed by atoms with Crippen LogP contribution in [0.25, 0.3) is 0 Å². The average molecular weight is 329 g/mol. The summed E-state index contributed by atoms with van der Waals surface area (Å²) in [6, 6.07) is -1.05. The van der Waals surface area contributed by atoms with Gasteiger partial charge in [-0.15, -0.1) is 0 Å². The third-order valence-corrected chi connectivity index (χ3v) is 3.94. The monoisotopic (exact) mass is 329 g/mol. The molecule has 0 radical (unpaired) electrons. The highest BCUT2D eigenvalue weighted by molar-refractivity contribution is 5.81. The summed E-state index contributed by atoms with van der Waals surface area (Å²) in [5.41, 5.74) is 5.41. The lowest BCUT2D eigenvalue weighted by Gasteiger charge is -2.09. The topological polar surface area (TPSA) is 89.6 Å². The fraction of sp³-hybridized carbons (Fsp3) is 0.889. The molecule has 0 aliphatic rings. The molecule has 0 fully saturated rings. The molecule has 1 atom stereocenters. The zero-order valence-corrected chi connectivity index (χ0v) is 14.7. The molecule has 0 saturated carbocycles. The Morgan fingerprint density at radius 2 is 1.30 bits per heavy atom. The van der Waals surface area contributed by atoms with Gasteiger partial charge in [-0.25, -0.2) is 0 Å². The predicted molar refractivity (Wildman–Crippen MR) is 92.3 cm³/mol. The first-order valence-electron chi connectivity index (χ1n) is 9.22. The second-order valence-electron chi connectivity index (χ2n) is 6.26. The minimum atomic E-state index is -1.08. The molecular weight excluding hydrogens is 294 g/mol. The zero-order chi connectivity index (χ0) is 17.3. The van der Waals surface area contributed by atoms with Crippen LogP contribution in [-0.2, 0) is 14.3 Å². The Bertz CT molecular complexity index is 307. The molecule has 0 aromatic carbocycles. The molecule has 0 aliphatic carbocycles. The van der Waals surface area contributed by atoms with Gasteiger partial charge in [0.2, 0.25) is 0 Å². The number of hydrogen-bond donors (Lipinski definition) is 2. The van der Waals surface area contributed by atoms with Crippen LogP contribution in [0.2, 0.25) is 0 Å². The van der Waals surface area contributed by atoms with Crippen molar-refractivity contribution in [3.05, 3.63) is 0 Å². The summed E-state index contributed by atoms with van der Waals surface area (Å²) in [5, 5.41) is 8.53. The van der Waals surface area contributed by atoms with Gasteiger partial charge in [-0.3, -0.25) is 9.59 Å². The highest BCUT2D eigenvalue weighted by Crippen LogP contribution is 2.11. The number of rotatable bonds is 16. The van der Waals surface area contributed by atoms with Crippen molar-refractivity contribution >= 4 is 11.9 Å². The molecule has 3 N–H and O–H groups in total. The zero-order valence-electron chi connectivity index (χ0n) is 14.7. The van der Waals surface area contributed by atoms with Crippen LogP contribution in [0.3, 0.4) is 0 Å². The number of carboxylic acid groups (broad SMARTS) is 1. The second kappa shape index (κ2) is 15.8. The molecule has 0 aliphatic heterocycles. The number of hydrogen-bond acceptors (Lipinski definition) is 4. The molecule has 0 spiro atoms. The fourth-order valence-corrected chi connectivity index (χ4v) is 2.49. The molecule has 0 amide bonds. The lowest BCUT2D eigenvalue weighted by atomic mass is 10.1. The van der Waals surface area contributed by atoms with Gasteiger partial charge < -0.3 is 15.6 Å². The van der Waals surface area contributed by atoms with Gasteiger partial charge in [0, 0.05) is 0 Å². The van der Waals surface area contributed by atoms with Crippen molar-refractivity contribution in [1.29, 1.82) is 0 Å². The second-order valence-corrected chi connectivity index (χ2v) is 6.26. The van der Waals surface area contributed by atoms with Gasteiger partial charge in [-0.05, 0) is 6.42 Å². The maximum atomic E-state index is 11.4. The lowest BCUT2D eigenvalue weighted by Crippen LogP contribution is -2.34. The predicted octanol–water partition coefficient (Wildman–Crippen LogP) is 4.03. The van der Waals surface area contributed by atoms with E-state index in [1.54, 1.807) is 0 Å². The van der Waals surface area contributed by atoms with Crippen molar-refractivity contribution in [3.8, 4) is 0 Å².